The van der Waals surface area contributed by atoms with Crippen molar-refractivity contribution in [3.8, 4) is 0 Å². The van der Waals surface area contributed by atoms with Gasteiger partial charge in [0.05, 0.1) is 6.04 Å². The Morgan fingerprint density at radius 3 is 2.83 bits per heavy atom. The molecule has 1 aliphatic carbocycles. The highest BCUT2D eigenvalue weighted by atomic mass is 16.4. The minimum atomic E-state index is -1.10. The highest BCUT2D eigenvalue weighted by Gasteiger charge is 2.42. The fourth-order valence-electron chi connectivity index (χ4n) is 3.12. The first-order valence-corrected chi connectivity index (χ1v) is 6.51. The fourth-order valence-corrected chi connectivity index (χ4v) is 3.12. The molecule has 0 bridgehead atoms. The summed E-state index contributed by atoms with van der Waals surface area (Å²) in [6.45, 7) is 0.599. The molecule has 0 aromatic carbocycles. The number of amides is 1. The van der Waals surface area contributed by atoms with Crippen LogP contribution >= 0.6 is 0 Å². The number of rotatable bonds is 5. The number of carbonyl (C=O) groups is 2. The van der Waals surface area contributed by atoms with Gasteiger partial charge in [0.1, 0.15) is 6.04 Å². The van der Waals surface area contributed by atoms with Gasteiger partial charge in [0.15, 0.2) is 0 Å². The second-order valence-electron chi connectivity index (χ2n) is 5.15. The third-order valence-electron chi connectivity index (χ3n) is 4.06. The lowest BCUT2D eigenvalue weighted by molar-refractivity contribution is -0.142. The second-order valence-corrected chi connectivity index (χ2v) is 5.15. The lowest BCUT2D eigenvalue weighted by Gasteiger charge is -2.20. The Morgan fingerprint density at radius 1 is 1.39 bits per heavy atom. The van der Waals surface area contributed by atoms with Crippen molar-refractivity contribution in [2.75, 3.05) is 13.2 Å². The summed E-state index contributed by atoms with van der Waals surface area (Å²) in [7, 11) is 0. The Labute approximate surface area is 106 Å². The van der Waals surface area contributed by atoms with Gasteiger partial charge >= 0.3 is 5.97 Å². The largest absolute Gasteiger partial charge is 0.480 e. The number of carboxylic acid groups (broad SMARTS) is 1. The van der Waals surface area contributed by atoms with Crippen LogP contribution < -0.4 is 10.6 Å². The highest BCUT2D eigenvalue weighted by Crippen LogP contribution is 2.37. The number of carboxylic acids is 1. The predicted octanol–water partition coefficient (Wildman–Crippen LogP) is -0.674. The van der Waals surface area contributed by atoms with Crippen LogP contribution in [-0.4, -0.2) is 47.3 Å². The minimum absolute atomic E-state index is 0.0435. The van der Waals surface area contributed by atoms with Gasteiger partial charge in [-0.25, -0.2) is 4.79 Å². The Balaban J connectivity index is 1.92. The maximum absolute atomic E-state index is 12.1. The summed E-state index contributed by atoms with van der Waals surface area (Å²) < 4.78 is 0. The molecule has 18 heavy (non-hydrogen) atoms. The molecule has 0 spiro atoms. The summed E-state index contributed by atoms with van der Waals surface area (Å²) in [6, 6.07) is -1.26. The molecule has 1 aliphatic heterocycles. The molecule has 1 saturated carbocycles. The molecule has 1 amide bonds. The summed E-state index contributed by atoms with van der Waals surface area (Å²) in [5, 5.41) is 23.4. The summed E-state index contributed by atoms with van der Waals surface area (Å²) >= 11 is 0. The van der Waals surface area contributed by atoms with Gasteiger partial charge in [-0.15, -0.1) is 0 Å². The molecule has 0 aromatic rings. The number of nitrogens with one attached hydrogen (secondary N) is 2. The van der Waals surface area contributed by atoms with E-state index in [0.29, 0.717) is 11.8 Å². The maximum atomic E-state index is 12.1. The number of carbonyl (C=O) groups excluding carboxylic acids is 1. The SMILES string of the molecule is O=C(N[C@H](CCO)C(=O)O)C1NCC2CCCC21. The Kier molecular flexibility index (Phi) is 4.19. The topological polar surface area (TPSA) is 98.7 Å². The molecule has 102 valence electrons. The number of aliphatic hydroxyl groups excluding tert-OH is 1. The summed E-state index contributed by atoms with van der Waals surface area (Å²) in [6.07, 6.45) is 3.38. The van der Waals surface area contributed by atoms with Crippen LogP contribution in [0, 0.1) is 11.8 Å². The number of hydrogen-bond donors (Lipinski definition) is 4. The zero-order valence-electron chi connectivity index (χ0n) is 10.3. The quantitative estimate of drug-likeness (QED) is 0.523. The van der Waals surface area contributed by atoms with Crippen LogP contribution in [0.5, 0.6) is 0 Å². The molecule has 1 heterocycles. The summed E-state index contributed by atoms with van der Waals surface area (Å²) in [5.41, 5.74) is 0. The summed E-state index contributed by atoms with van der Waals surface area (Å²) in [5.74, 6) is -0.445. The first-order chi connectivity index (χ1) is 8.63. The number of aliphatic carboxylic acids is 1. The molecule has 1 saturated heterocycles. The smallest absolute Gasteiger partial charge is 0.326 e. The average Bonchev–Trinajstić information content (AvgIpc) is 2.89. The number of aliphatic hydroxyl groups is 1. The van der Waals surface area contributed by atoms with E-state index in [9.17, 15) is 9.59 Å². The van der Waals surface area contributed by atoms with E-state index in [4.69, 9.17) is 10.2 Å². The van der Waals surface area contributed by atoms with E-state index in [1.165, 1.54) is 0 Å². The molecule has 3 unspecified atom stereocenters. The van der Waals surface area contributed by atoms with E-state index in [1.54, 1.807) is 0 Å². The third-order valence-corrected chi connectivity index (χ3v) is 4.06. The fraction of sp³-hybridized carbons (Fsp3) is 0.833. The van der Waals surface area contributed by atoms with Gasteiger partial charge in [-0.1, -0.05) is 6.42 Å². The zero-order chi connectivity index (χ0) is 13.1. The standard InChI is InChI=1S/C12H20N2O4/c15-5-4-9(12(17)18)14-11(16)10-8-3-1-2-7(8)6-13-10/h7-10,13,15H,1-6H2,(H,14,16)(H,17,18)/t7?,8?,9-,10?/m1/s1. The lowest BCUT2D eigenvalue weighted by Crippen LogP contribution is -2.50. The molecule has 2 rings (SSSR count). The van der Waals surface area contributed by atoms with E-state index in [1.807, 2.05) is 0 Å². The molecule has 2 fully saturated rings. The first-order valence-electron chi connectivity index (χ1n) is 6.51. The Bertz CT molecular complexity index is 334. The van der Waals surface area contributed by atoms with Crippen molar-refractivity contribution >= 4 is 11.9 Å². The number of fused-ring (bicyclic) bond motifs is 1. The normalized spacial score (nSPS) is 31.9. The number of hydrogen-bond acceptors (Lipinski definition) is 4. The third kappa shape index (κ3) is 2.64. The van der Waals surface area contributed by atoms with E-state index >= 15 is 0 Å². The maximum Gasteiger partial charge on any atom is 0.326 e. The van der Waals surface area contributed by atoms with Crippen LogP contribution in [0.3, 0.4) is 0 Å². The summed E-state index contributed by atoms with van der Waals surface area (Å²) in [4.78, 5) is 23.0. The van der Waals surface area contributed by atoms with Crippen molar-refractivity contribution in [3.63, 3.8) is 0 Å². The van der Waals surface area contributed by atoms with Crippen molar-refractivity contribution in [1.29, 1.82) is 0 Å². The predicted molar refractivity (Wildman–Crippen MR) is 63.9 cm³/mol. The van der Waals surface area contributed by atoms with Gasteiger partial charge in [0.25, 0.3) is 0 Å². The van der Waals surface area contributed by atoms with E-state index < -0.39 is 12.0 Å². The molecule has 6 heteroatoms. The van der Waals surface area contributed by atoms with Gasteiger partial charge in [0, 0.05) is 13.0 Å². The van der Waals surface area contributed by atoms with Crippen LogP contribution in [0.1, 0.15) is 25.7 Å². The van der Waals surface area contributed by atoms with Crippen molar-refractivity contribution < 1.29 is 19.8 Å². The van der Waals surface area contributed by atoms with E-state index in [0.717, 1.165) is 25.8 Å². The first kappa shape index (κ1) is 13.3. The average molecular weight is 256 g/mol. The van der Waals surface area contributed by atoms with E-state index in [-0.39, 0.29) is 25.0 Å². The molecule has 0 radical (unpaired) electrons. The van der Waals surface area contributed by atoms with Crippen molar-refractivity contribution in [2.45, 2.75) is 37.8 Å². The van der Waals surface area contributed by atoms with Crippen LogP contribution in [0.2, 0.25) is 0 Å². The van der Waals surface area contributed by atoms with Gasteiger partial charge < -0.3 is 20.8 Å². The van der Waals surface area contributed by atoms with Crippen molar-refractivity contribution in [1.82, 2.24) is 10.6 Å². The lowest BCUT2D eigenvalue weighted by atomic mass is 9.93. The molecule has 6 nitrogen and oxygen atoms in total. The van der Waals surface area contributed by atoms with Gasteiger partial charge in [-0.05, 0) is 31.2 Å². The van der Waals surface area contributed by atoms with Gasteiger partial charge in [-0.3, -0.25) is 4.79 Å². The van der Waals surface area contributed by atoms with Gasteiger partial charge in [-0.2, -0.15) is 0 Å². The van der Waals surface area contributed by atoms with E-state index in [2.05, 4.69) is 10.6 Å². The van der Waals surface area contributed by atoms with Crippen LogP contribution in [0.4, 0.5) is 0 Å². The molecular weight excluding hydrogens is 236 g/mol. The molecular formula is C12H20N2O4. The zero-order valence-corrected chi connectivity index (χ0v) is 10.3. The van der Waals surface area contributed by atoms with Crippen LogP contribution in [-0.2, 0) is 9.59 Å². The minimum Gasteiger partial charge on any atom is -0.480 e. The highest BCUT2D eigenvalue weighted by molar-refractivity contribution is 5.87. The molecule has 0 aromatic heterocycles. The monoisotopic (exact) mass is 256 g/mol. The molecule has 4 atom stereocenters. The Hall–Kier alpha value is -1.14. The van der Waals surface area contributed by atoms with Crippen molar-refractivity contribution in [3.05, 3.63) is 0 Å². The Morgan fingerprint density at radius 2 is 2.17 bits per heavy atom. The van der Waals surface area contributed by atoms with Gasteiger partial charge in [0.2, 0.25) is 5.91 Å². The van der Waals surface area contributed by atoms with Crippen LogP contribution in [0.15, 0.2) is 0 Å². The van der Waals surface area contributed by atoms with Crippen molar-refractivity contribution in [2.24, 2.45) is 11.8 Å². The molecule has 2 aliphatic rings. The van der Waals surface area contributed by atoms with Crippen LogP contribution in [0.25, 0.3) is 0 Å². The molecule has 4 N–H and O–H groups in total. The second kappa shape index (κ2) is 5.67.